The first-order chi connectivity index (χ1) is 11.9. The van der Waals surface area contributed by atoms with Gasteiger partial charge in [-0.15, -0.1) is 0 Å². The van der Waals surface area contributed by atoms with Gasteiger partial charge in [-0.05, 0) is 53.7 Å². The molecule has 0 aliphatic heterocycles. The molecule has 3 aromatic rings. The van der Waals surface area contributed by atoms with Crippen LogP contribution in [-0.4, -0.2) is 0 Å². The molecular formula is C24H24. The van der Waals surface area contributed by atoms with Crippen molar-refractivity contribution >= 4 is 0 Å². The highest BCUT2D eigenvalue weighted by Crippen LogP contribution is 2.47. The Hall–Kier alpha value is -2.34. The Labute approximate surface area is 145 Å². The first-order valence-corrected chi connectivity index (χ1v) is 9.05. The summed E-state index contributed by atoms with van der Waals surface area (Å²) in [6.45, 7) is 0. The van der Waals surface area contributed by atoms with Gasteiger partial charge in [-0.2, -0.15) is 0 Å². The third-order valence-electron chi connectivity index (χ3n) is 5.52. The fraction of sp³-hybridized carbons (Fsp3) is 0.250. The van der Waals surface area contributed by atoms with Crippen LogP contribution in [0.15, 0.2) is 91.0 Å². The van der Waals surface area contributed by atoms with E-state index in [1.807, 2.05) is 0 Å². The molecule has 0 saturated heterocycles. The van der Waals surface area contributed by atoms with Crippen LogP contribution >= 0.6 is 0 Å². The van der Waals surface area contributed by atoms with Gasteiger partial charge >= 0.3 is 0 Å². The zero-order valence-corrected chi connectivity index (χ0v) is 14.0. The van der Waals surface area contributed by atoms with E-state index in [-0.39, 0.29) is 0 Å². The smallest absolute Gasteiger partial charge is 0.0150 e. The first kappa shape index (κ1) is 15.2. The fourth-order valence-electron chi connectivity index (χ4n) is 4.31. The number of benzene rings is 3. The molecule has 1 saturated carbocycles. The first-order valence-electron chi connectivity index (χ1n) is 9.05. The number of hydrogen-bond donors (Lipinski definition) is 0. The van der Waals surface area contributed by atoms with Crippen molar-refractivity contribution in [2.45, 2.75) is 37.0 Å². The summed E-state index contributed by atoms with van der Waals surface area (Å²) in [5, 5.41) is 0. The lowest BCUT2D eigenvalue weighted by Gasteiger charge is -2.36. The Morgan fingerprint density at radius 1 is 0.375 bits per heavy atom. The van der Waals surface area contributed by atoms with Crippen LogP contribution in [0.2, 0.25) is 0 Å². The highest BCUT2D eigenvalue weighted by atomic mass is 14.3. The summed E-state index contributed by atoms with van der Waals surface area (Å²) in [5.74, 6) is 1.95. The summed E-state index contributed by atoms with van der Waals surface area (Å²) in [4.78, 5) is 0. The zero-order chi connectivity index (χ0) is 16.2. The van der Waals surface area contributed by atoms with E-state index >= 15 is 0 Å². The molecule has 1 aliphatic rings. The third kappa shape index (κ3) is 3.28. The Bertz CT molecular complexity index is 632. The van der Waals surface area contributed by atoms with Crippen molar-refractivity contribution in [2.75, 3.05) is 0 Å². The maximum Gasteiger partial charge on any atom is -0.0150 e. The summed E-state index contributed by atoms with van der Waals surface area (Å²) < 4.78 is 0. The number of rotatable bonds is 3. The quantitative estimate of drug-likeness (QED) is 0.516. The lowest BCUT2D eigenvalue weighted by atomic mass is 9.69. The van der Waals surface area contributed by atoms with Crippen LogP contribution in [0.4, 0.5) is 0 Å². The molecule has 0 nitrogen and oxygen atoms in total. The highest BCUT2D eigenvalue weighted by molar-refractivity contribution is 5.29. The van der Waals surface area contributed by atoms with Crippen LogP contribution < -0.4 is 0 Å². The SMILES string of the molecule is c1ccc(C2CC(c3ccccc3)CC(c3ccccc3)C2)cc1. The molecule has 0 aromatic heterocycles. The molecule has 24 heavy (non-hydrogen) atoms. The molecule has 0 amide bonds. The summed E-state index contributed by atoms with van der Waals surface area (Å²) in [6, 6.07) is 33.3. The molecule has 1 fully saturated rings. The fourth-order valence-corrected chi connectivity index (χ4v) is 4.31. The van der Waals surface area contributed by atoms with Crippen LogP contribution in [0, 0.1) is 0 Å². The average molecular weight is 312 g/mol. The minimum absolute atomic E-state index is 0.648. The second-order valence-corrected chi connectivity index (χ2v) is 7.03. The van der Waals surface area contributed by atoms with Crippen molar-refractivity contribution in [3.8, 4) is 0 Å². The molecule has 0 heterocycles. The average Bonchev–Trinajstić information content (AvgIpc) is 2.70. The van der Waals surface area contributed by atoms with Gasteiger partial charge in [0.25, 0.3) is 0 Å². The number of hydrogen-bond acceptors (Lipinski definition) is 0. The van der Waals surface area contributed by atoms with Gasteiger partial charge < -0.3 is 0 Å². The van der Waals surface area contributed by atoms with E-state index < -0.39 is 0 Å². The van der Waals surface area contributed by atoms with Crippen LogP contribution in [0.3, 0.4) is 0 Å². The minimum atomic E-state index is 0.648. The zero-order valence-electron chi connectivity index (χ0n) is 14.0. The molecule has 0 heteroatoms. The summed E-state index contributed by atoms with van der Waals surface area (Å²) >= 11 is 0. The van der Waals surface area contributed by atoms with Crippen molar-refractivity contribution < 1.29 is 0 Å². The van der Waals surface area contributed by atoms with E-state index in [2.05, 4.69) is 91.0 Å². The van der Waals surface area contributed by atoms with Gasteiger partial charge in [0.1, 0.15) is 0 Å². The Morgan fingerprint density at radius 2 is 0.625 bits per heavy atom. The maximum atomic E-state index is 2.31. The molecule has 3 aromatic carbocycles. The molecule has 4 rings (SSSR count). The summed E-state index contributed by atoms with van der Waals surface area (Å²) in [7, 11) is 0. The molecule has 0 atom stereocenters. The molecule has 0 spiro atoms. The Balaban J connectivity index is 1.66. The predicted octanol–water partition coefficient (Wildman–Crippen LogP) is 6.52. The Kier molecular flexibility index (Phi) is 4.46. The lowest BCUT2D eigenvalue weighted by Crippen LogP contribution is -2.19. The maximum absolute atomic E-state index is 2.31. The van der Waals surface area contributed by atoms with Gasteiger partial charge in [-0.25, -0.2) is 0 Å². The van der Waals surface area contributed by atoms with Gasteiger partial charge in [-0.1, -0.05) is 91.0 Å². The van der Waals surface area contributed by atoms with Crippen LogP contribution in [0.25, 0.3) is 0 Å². The summed E-state index contributed by atoms with van der Waals surface area (Å²) in [5.41, 5.74) is 4.50. The molecule has 1 aliphatic carbocycles. The van der Waals surface area contributed by atoms with Crippen molar-refractivity contribution in [1.82, 2.24) is 0 Å². The van der Waals surface area contributed by atoms with Gasteiger partial charge in [0.2, 0.25) is 0 Å². The minimum Gasteiger partial charge on any atom is -0.0622 e. The molecule has 120 valence electrons. The van der Waals surface area contributed by atoms with E-state index in [1.165, 1.54) is 36.0 Å². The van der Waals surface area contributed by atoms with Crippen molar-refractivity contribution in [1.29, 1.82) is 0 Å². The lowest BCUT2D eigenvalue weighted by molar-refractivity contribution is 0.351. The van der Waals surface area contributed by atoms with E-state index in [1.54, 1.807) is 0 Å². The van der Waals surface area contributed by atoms with E-state index in [0.717, 1.165) is 0 Å². The van der Waals surface area contributed by atoms with E-state index in [9.17, 15) is 0 Å². The standard InChI is InChI=1S/C24H24/c1-4-10-19(11-5-1)22-16-23(20-12-6-2-7-13-20)18-24(17-22)21-14-8-3-9-15-21/h1-15,22-24H,16-18H2. The molecule has 0 radical (unpaired) electrons. The van der Waals surface area contributed by atoms with Crippen molar-refractivity contribution in [2.24, 2.45) is 0 Å². The second kappa shape index (κ2) is 7.05. The largest absolute Gasteiger partial charge is 0.0622 e. The van der Waals surface area contributed by atoms with Crippen LogP contribution in [0.5, 0.6) is 0 Å². The van der Waals surface area contributed by atoms with E-state index in [4.69, 9.17) is 0 Å². The third-order valence-corrected chi connectivity index (χ3v) is 5.52. The van der Waals surface area contributed by atoms with Gasteiger partial charge in [0.15, 0.2) is 0 Å². The molecule has 0 N–H and O–H groups in total. The van der Waals surface area contributed by atoms with Crippen LogP contribution in [-0.2, 0) is 0 Å². The van der Waals surface area contributed by atoms with Crippen molar-refractivity contribution in [3.05, 3.63) is 108 Å². The Morgan fingerprint density at radius 3 is 0.875 bits per heavy atom. The molecule has 0 bridgehead atoms. The van der Waals surface area contributed by atoms with Crippen molar-refractivity contribution in [3.63, 3.8) is 0 Å². The topological polar surface area (TPSA) is 0 Å². The normalized spacial score (nSPS) is 23.8. The van der Waals surface area contributed by atoms with Crippen LogP contribution in [0.1, 0.15) is 53.7 Å². The molecule has 0 unspecified atom stereocenters. The summed E-state index contributed by atoms with van der Waals surface area (Å²) in [6.07, 6.45) is 3.78. The monoisotopic (exact) mass is 312 g/mol. The van der Waals surface area contributed by atoms with E-state index in [0.29, 0.717) is 17.8 Å². The second-order valence-electron chi connectivity index (χ2n) is 7.03. The highest BCUT2D eigenvalue weighted by Gasteiger charge is 2.31. The van der Waals surface area contributed by atoms with Gasteiger partial charge in [0, 0.05) is 0 Å². The van der Waals surface area contributed by atoms with Gasteiger partial charge in [0.05, 0.1) is 0 Å². The van der Waals surface area contributed by atoms with Gasteiger partial charge in [-0.3, -0.25) is 0 Å². The predicted molar refractivity (Wildman–Crippen MR) is 101 cm³/mol. The molecular weight excluding hydrogens is 288 g/mol.